The summed E-state index contributed by atoms with van der Waals surface area (Å²) >= 11 is 0. The molecule has 0 aromatic heterocycles. The van der Waals surface area contributed by atoms with Crippen LogP contribution >= 0.6 is 0 Å². The molecule has 1 aliphatic rings. The predicted octanol–water partition coefficient (Wildman–Crippen LogP) is 0.289. The summed E-state index contributed by atoms with van der Waals surface area (Å²) in [5.74, 6) is 0.168. The van der Waals surface area contributed by atoms with Crippen LogP contribution in [-0.2, 0) is 22.0 Å². The van der Waals surface area contributed by atoms with Crippen LogP contribution in [0, 0.1) is 0 Å². The highest BCUT2D eigenvalue weighted by atomic mass is 32.2. The Morgan fingerprint density at radius 2 is 2.28 bits per heavy atom. The molecule has 2 N–H and O–H groups in total. The zero-order valence-corrected chi connectivity index (χ0v) is 10.8. The van der Waals surface area contributed by atoms with Gasteiger partial charge in [-0.15, -0.1) is 0 Å². The molecule has 0 saturated carbocycles. The Balaban J connectivity index is 2.01. The van der Waals surface area contributed by atoms with Crippen LogP contribution < -0.4 is 10.6 Å². The van der Waals surface area contributed by atoms with Crippen molar-refractivity contribution in [2.75, 3.05) is 23.9 Å². The van der Waals surface area contributed by atoms with Crippen molar-refractivity contribution in [2.24, 2.45) is 0 Å². The summed E-state index contributed by atoms with van der Waals surface area (Å²) in [7, 11) is -0.915. The van der Waals surface area contributed by atoms with E-state index in [2.05, 4.69) is 10.6 Å². The van der Waals surface area contributed by atoms with Crippen LogP contribution in [0.5, 0.6) is 0 Å². The molecule has 0 spiro atoms. The number of benzene rings is 1. The lowest BCUT2D eigenvalue weighted by molar-refractivity contribution is -0.115. The van der Waals surface area contributed by atoms with E-state index in [4.69, 9.17) is 0 Å². The zero-order valence-electron chi connectivity index (χ0n) is 9.99. The molecule has 0 radical (unpaired) electrons. The molecule has 5 nitrogen and oxygen atoms in total. The maximum Gasteiger partial charge on any atom is 0.251 e. The fourth-order valence-corrected chi connectivity index (χ4v) is 2.16. The van der Waals surface area contributed by atoms with Crippen molar-refractivity contribution in [1.29, 1.82) is 0 Å². The molecular weight excluding hydrogens is 252 g/mol. The monoisotopic (exact) mass is 266 g/mol. The summed E-state index contributed by atoms with van der Waals surface area (Å²) in [5, 5.41) is 5.39. The maximum absolute atomic E-state index is 11.8. The Morgan fingerprint density at radius 1 is 1.50 bits per heavy atom. The fourth-order valence-electron chi connectivity index (χ4n) is 1.77. The molecule has 1 atom stereocenters. The van der Waals surface area contributed by atoms with Crippen LogP contribution in [-0.4, -0.2) is 34.6 Å². The van der Waals surface area contributed by atoms with Crippen LogP contribution in [0.2, 0.25) is 0 Å². The molecule has 0 saturated heterocycles. The van der Waals surface area contributed by atoms with Crippen LogP contribution in [0.3, 0.4) is 0 Å². The average Bonchev–Trinajstić information content (AvgIpc) is 2.67. The number of anilines is 1. The summed E-state index contributed by atoms with van der Waals surface area (Å²) in [4.78, 5) is 23.0. The molecule has 96 valence electrons. The van der Waals surface area contributed by atoms with E-state index in [1.807, 2.05) is 0 Å². The lowest BCUT2D eigenvalue weighted by atomic mass is 10.1. The Hall–Kier alpha value is -1.69. The zero-order chi connectivity index (χ0) is 13.1. The SMILES string of the molecule is CS(=O)CCNC(=O)c1ccc2c(c1)NC(=O)C2. The third-order valence-electron chi connectivity index (χ3n) is 2.67. The van der Waals surface area contributed by atoms with E-state index in [0.717, 1.165) is 5.56 Å². The third-order valence-corrected chi connectivity index (χ3v) is 3.45. The molecule has 1 aliphatic heterocycles. The van der Waals surface area contributed by atoms with Gasteiger partial charge in [0.05, 0.1) is 6.42 Å². The maximum atomic E-state index is 11.8. The van der Waals surface area contributed by atoms with Crippen LogP contribution in [0.15, 0.2) is 18.2 Å². The van der Waals surface area contributed by atoms with Gasteiger partial charge in [-0.1, -0.05) is 6.07 Å². The molecule has 1 aromatic carbocycles. The van der Waals surface area contributed by atoms with Gasteiger partial charge in [0.1, 0.15) is 0 Å². The summed E-state index contributed by atoms with van der Waals surface area (Å²) in [6.45, 7) is 0.380. The topological polar surface area (TPSA) is 75.3 Å². The first-order valence-corrected chi connectivity index (χ1v) is 7.30. The first kappa shape index (κ1) is 12.8. The van der Waals surface area contributed by atoms with Crippen LogP contribution in [0.25, 0.3) is 0 Å². The molecule has 2 rings (SSSR count). The second-order valence-electron chi connectivity index (χ2n) is 4.13. The van der Waals surface area contributed by atoms with E-state index in [-0.39, 0.29) is 11.8 Å². The van der Waals surface area contributed by atoms with Crippen molar-refractivity contribution in [3.63, 3.8) is 0 Å². The van der Waals surface area contributed by atoms with Crippen molar-refractivity contribution in [2.45, 2.75) is 6.42 Å². The smallest absolute Gasteiger partial charge is 0.251 e. The molecule has 2 amide bonds. The van der Waals surface area contributed by atoms with Gasteiger partial charge in [-0.05, 0) is 17.7 Å². The number of amides is 2. The first-order chi connectivity index (χ1) is 8.56. The highest BCUT2D eigenvalue weighted by Gasteiger charge is 2.18. The number of carbonyl (C=O) groups is 2. The van der Waals surface area contributed by atoms with Gasteiger partial charge in [-0.25, -0.2) is 0 Å². The van der Waals surface area contributed by atoms with Crippen molar-refractivity contribution in [3.8, 4) is 0 Å². The third kappa shape index (κ3) is 2.95. The minimum Gasteiger partial charge on any atom is -0.351 e. The lowest BCUT2D eigenvalue weighted by Gasteiger charge is -2.05. The standard InChI is InChI=1S/C12H14N2O3S/c1-18(17)5-4-13-12(16)9-3-2-8-7-11(15)14-10(8)6-9/h2-3,6H,4-5,7H2,1H3,(H,13,16)(H,14,15). The molecule has 1 unspecified atom stereocenters. The molecule has 0 bridgehead atoms. The lowest BCUT2D eigenvalue weighted by Crippen LogP contribution is -2.27. The molecule has 1 aromatic rings. The van der Waals surface area contributed by atoms with Gasteiger partial charge in [0.15, 0.2) is 0 Å². The van der Waals surface area contributed by atoms with Crippen LogP contribution in [0.1, 0.15) is 15.9 Å². The molecule has 1 heterocycles. The molecule has 18 heavy (non-hydrogen) atoms. The van der Waals surface area contributed by atoms with Crippen molar-refractivity contribution >= 4 is 28.3 Å². The summed E-state index contributed by atoms with van der Waals surface area (Å²) in [5.41, 5.74) is 2.11. The Kier molecular flexibility index (Phi) is 3.76. The van der Waals surface area contributed by atoms with E-state index < -0.39 is 10.8 Å². The Labute approximate surface area is 107 Å². The van der Waals surface area contributed by atoms with Crippen molar-refractivity contribution in [1.82, 2.24) is 5.32 Å². The fraction of sp³-hybridized carbons (Fsp3) is 0.333. The number of fused-ring (bicyclic) bond motifs is 1. The first-order valence-electron chi connectivity index (χ1n) is 5.57. The average molecular weight is 266 g/mol. The largest absolute Gasteiger partial charge is 0.351 e. The van der Waals surface area contributed by atoms with Gasteiger partial charge in [0.2, 0.25) is 5.91 Å². The van der Waals surface area contributed by atoms with Gasteiger partial charge in [-0.2, -0.15) is 0 Å². The highest BCUT2D eigenvalue weighted by molar-refractivity contribution is 7.84. The number of carbonyl (C=O) groups excluding carboxylic acids is 2. The van der Waals surface area contributed by atoms with Gasteiger partial charge >= 0.3 is 0 Å². The van der Waals surface area contributed by atoms with Crippen LogP contribution in [0.4, 0.5) is 5.69 Å². The summed E-state index contributed by atoms with van der Waals surface area (Å²) < 4.78 is 10.9. The van der Waals surface area contributed by atoms with Gasteiger partial charge in [-0.3, -0.25) is 13.8 Å². The van der Waals surface area contributed by atoms with E-state index >= 15 is 0 Å². The highest BCUT2D eigenvalue weighted by Crippen LogP contribution is 2.23. The van der Waals surface area contributed by atoms with Gasteiger partial charge in [0.25, 0.3) is 5.91 Å². The predicted molar refractivity (Wildman–Crippen MR) is 70.0 cm³/mol. The summed E-state index contributed by atoms with van der Waals surface area (Å²) in [6.07, 6.45) is 1.96. The van der Waals surface area contributed by atoms with Crippen molar-refractivity contribution < 1.29 is 13.8 Å². The van der Waals surface area contributed by atoms with E-state index in [0.29, 0.717) is 30.0 Å². The molecule has 0 aliphatic carbocycles. The second kappa shape index (κ2) is 5.30. The molecule has 6 heteroatoms. The van der Waals surface area contributed by atoms with E-state index in [1.54, 1.807) is 24.5 Å². The second-order valence-corrected chi connectivity index (χ2v) is 5.68. The Bertz CT molecular complexity index is 528. The normalized spacial score (nSPS) is 14.8. The Morgan fingerprint density at radius 3 is 3.00 bits per heavy atom. The van der Waals surface area contributed by atoms with Crippen molar-refractivity contribution in [3.05, 3.63) is 29.3 Å². The number of nitrogens with one attached hydrogen (secondary N) is 2. The van der Waals surface area contributed by atoms with E-state index in [1.165, 1.54) is 0 Å². The minimum absolute atomic E-state index is 0.0519. The van der Waals surface area contributed by atoms with Gasteiger partial charge < -0.3 is 10.6 Å². The number of hydrogen-bond acceptors (Lipinski definition) is 3. The summed E-state index contributed by atoms with van der Waals surface area (Å²) in [6, 6.07) is 5.13. The van der Waals surface area contributed by atoms with E-state index in [9.17, 15) is 13.8 Å². The quantitative estimate of drug-likeness (QED) is 0.822. The number of rotatable bonds is 4. The minimum atomic E-state index is -0.915. The molecular formula is C12H14N2O3S. The molecule has 0 fully saturated rings. The van der Waals surface area contributed by atoms with Gasteiger partial charge in [0, 0.05) is 40.6 Å². The number of hydrogen-bond donors (Lipinski definition) is 2.